The van der Waals surface area contributed by atoms with Crippen LogP contribution in [0.2, 0.25) is 0 Å². The standard InChI is InChI=1S/C27H29FN2O6/c1-4-35-26(31)23-17(3)29-22(15-14-21(28)18-10-7-6-8-11-18)25(27(32)36-5-2)24(23)19-12-9-13-20(16-19)30(33)34/h6-13,16,21,24,29H,4-5,14-15H2,1-3H3. The van der Waals surface area contributed by atoms with Crippen molar-refractivity contribution in [3.63, 3.8) is 0 Å². The molecule has 3 rings (SSSR count). The number of alkyl halides is 1. The van der Waals surface area contributed by atoms with Crippen LogP contribution in [-0.2, 0) is 19.1 Å². The summed E-state index contributed by atoms with van der Waals surface area (Å²) in [4.78, 5) is 37.2. The first-order chi connectivity index (χ1) is 17.3. The van der Waals surface area contributed by atoms with E-state index < -0.39 is 29.0 Å². The van der Waals surface area contributed by atoms with Crippen molar-refractivity contribution < 1.29 is 28.4 Å². The molecule has 0 saturated heterocycles. The number of allylic oxidation sites excluding steroid dienone is 2. The number of hydrogen-bond donors (Lipinski definition) is 1. The van der Waals surface area contributed by atoms with Crippen LogP contribution in [0.15, 0.2) is 77.1 Å². The molecule has 0 saturated carbocycles. The smallest absolute Gasteiger partial charge is 0.336 e. The maximum atomic E-state index is 15.0. The largest absolute Gasteiger partial charge is 0.463 e. The highest BCUT2D eigenvalue weighted by Crippen LogP contribution is 2.41. The molecule has 0 aromatic heterocycles. The minimum Gasteiger partial charge on any atom is -0.463 e. The third kappa shape index (κ3) is 5.97. The van der Waals surface area contributed by atoms with Gasteiger partial charge >= 0.3 is 11.9 Å². The second-order valence-corrected chi connectivity index (χ2v) is 8.20. The second kappa shape index (κ2) is 12.1. The first kappa shape index (κ1) is 26.6. The molecule has 0 amide bonds. The van der Waals surface area contributed by atoms with Gasteiger partial charge in [-0.25, -0.2) is 14.0 Å². The molecule has 2 unspecified atom stereocenters. The Morgan fingerprint density at radius 3 is 2.28 bits per heavy atom. The predicted molar refractivity (Wildman–Crippen MR) is 131 cm³/mol. The Balaban J connectivity index is 2.12. The molecule has 1 heterocycles. The maximum absolute atomic E-state index is 15.0. The van der Waals surface area contributed by atoms with Gasteiger partial charge in [0.25, 0.3) is 5.69 Å². The monoisotopic (exact) mass is 496 g/mol. The second-order valence-electron chi connectivity index (χ2n) is 8.20. The summed E-state index contributed by atoms with van der Waals surface area (Å²) in [5, 5.41) is 14.6. The summed E-state index contributed by atoms with van der Waals surface area (Å²) in [6.45, 7) is 5.14. The van der Waals surface area contributed by atoms with Gasteiger partial charge in [0, 0.05) is 23.5 Å². The Morgan fingerprint density at radius 1 is 1.03 bits per heavy atom. The molecule has 0 fully saturated rings. The zero-order chi connectivity index (χ0) is 26.2. The Hall–Kier alpha value is -4.01. The highest BCUT2D eigenvalue weighted by Gasteiger charge is 2.39. The highest BCUT2D eigenvalue weighted by atomic mass is 19.1. The Labute approximate surface area is 208 Å². The van der Waals surface area contributed by atoms with E-state index in [1.165, 1.54) is 18.2 Å². The number of nitro benzene ring substituents is 1. The van der Waals surface area contributed by atoms with Crippen LogP contribution in [0.4, 0.5) is 10.1 Å². The van der Waals surface area contributed by atoms with Crippen LogP contribution in [-0.4, -0.2) is 30.1 Å². The molecule has 0 aliphatic carbocycles. The Morgan fingerprint density at radius 2 is 1.67 bits per heavy atom. The fraction of sp³-hybridized carbons (Fsp3) is 0.333. The quantitative estimate of drug-likeness (QED) is 0.266. The van der Waals surface area contributed by atoms with E-state index >= 15 is 4.39 Å². The van der Waals surface area contributed by atoms with Crippen molar-refractivity contribution in [1.82, 2.24) is 5.32 Å². The Bertz CT molecular complexity index is 1190. The number of ether oxygens (including phenoxy) is 2. The van der Waals surface area contributed by atoms with Gasteiger partial charge in [0.2, 0.25) is 0 Å². The molecule has 0 radical (unpaired) electrons. The van der Waals surface area contributed by atoms with Gasteiger partial charge in [-0.05, 0) is 44.7 Å². The lowest BCUT2D eigenvalue weighted by molar-refractivity contribution is -0.384. The molecular weight excluding hydrogens is 467 g/mol. The van der Waals surface area contributed by atoms with Gasteiger partial charge in [0.05, 0.1) is 35.2 Å². The number of nitro groups is 1. The van der Waals surface area contributed by atoms with Crippen LogP contribution in [0.3, 0.4) is 0 Å². The summed E-state index contributed by atoms with van der Waals surface area (Å²) in [6.07, 6.45) is -1.07. The van der Waals surface area contributed by atoms with Crippen molar-refractivity contribution in [2.75, 3.05) is 13.2 Å². The number of benzene rings is 2. The van der Waals surface area contributed by atoms with Gasteiger partial charge < -0.3 is 14.8 Å². The van der Waals surface area contributed by atoms with Crippen molar-refractivity contribution in [2.24, 2.45) is 0 Å². The number of carbonyl (C=O) groups excluding carboxylic acids is 2. The third-order valence-electron chi connectivity index (χ3n) is 5.86. The highest BCUT2D eigenvalue weighted by molar-refractivity contribution is 6.00. The van der Waals surface area contributed by atoms with E-state index in [4.69, 9.17) is 9.47 Å². The zero-order valence-corrected chi connectivity index (χ0v) is 20.5. The fourth-order valence-electron chi connectivity index (χ4n) is 4.27. The average Bonchev–Trinajstić information content (AvgIpc) is 2.87. The summed E-state index contributed by atoms with van der Waals surface area (Å²) in [5.74, 6) is -2.34. The molecule has 1 N–H and O–H groups in total. The summed E-state index contributed by atoms with van der Waals surface area (Å²) >= 11 is 0. The van der Waals surface area contributed by atoms with Gasteiger partial charge in [-0.1, -0.05) is 42.5 Å². The van der Waals surface area contributed by atoms with Gasteiger partial charge in [0.15, 0.2) is 0 Å². The van der Waals surface area contributed by atoms with Crippen molar-refractivity contribution in [3.05, 3.63) is 98.4 Å². The molecule has 2 aromatic rings. The summed E-state index contributed by atoms with van der Waals surface area (Å²) < 4.78 is 25.6. The average molecular weight is 497 g/mol. The van der Waals surface area contributed by atoms with Crippen molar-refractivity contribution in [1.29, 1.82) is 0 Å². The van der Waals surface area contributed by atoms with Crippen molar-refractivity contribution >= 4 is 17.6 Å². The number of carbonyl (C=O) groups is 2. The molecule has 190 valence electrons. The zero-order valence-electron chi connectivity index (χ0n) is 20.5. The Kier molecular flexibility index (Phi) is 8.94. The van der Waals surface area contributed by atoms with E-state index in [1.54, 1.807) is 57.2 Å². The van der Waals surface area contributed by atoms with E-state index in [1.807, 2.05) is 0 Å². The lowest BCUT2D eigenvalue weighted by Crippen LogP contribution is -2.33. The van der Waals surface area contributed by atoms with E-state index in [0.29, 0.717) is 22.5 Å². The number of nitrogens with one attached hydrogen (secondary N) is 1. The van der Waals surface area contributed by atoms with Gasteiger partial charge in [-0.2, -0.15) is 0 Å². The number of halogens is 1. The number of non-ortho nitro benzene ring substituents is 1. The molecular formula is C27H29FN2O6. The maximum Gasteiger partial charge on any atom is 0.336 e. The minimum atomic E-state index is -1.28. The SMILES string of the molecule is CCOC(=O)C1=C(C)NC(CCC(F)c2ccccc2)=C(C(=O)OCC)C1c1cccc([N+](=O)[O-])c1. The fourth-order valence-corrected chi connectivity index (χ4v) is 4.27. The van der Waals surface area contributed by atoms with Crippen molar-refractivity contribution in [2.45, 2.75) is 45.7 Å². The molecule has 1 aliphatic heterocycles. The summed E-state index contributed by atoms with van der Waals surface area (Å²) in [7, 11) is 0. The number of rotatable bonds is 10. The van der Waals surface area contributed by atoms with Gasteiger partial charge in [-0.15, -0.1) is 0 Å². The molecule has 8 nitrogen and oxygen atoms in total. The van der Waals surface area contributed by atoms with E-state index in [0.717, 1.165) is 0 Å². The molecule has 1 aliphatic rings. The van der Waals surface area contributed by atoms with Crippen LogP contribution in [0.1, 0.15) is 56.8 Å². The topological polar surface area (TPSA) is 108 Å². The molecule has 2 atom stereocenters. The van der Waals surface area contributed by atoms with E-state index in [2.05, 4.69) is 5.32 Å². The lowest BCUT2D eigenvalue weighted by Gasteiger charge is -2.31. The van der Waals surface area contributed by atoms with Crippen LogP contribution < -0.4 is 5.32 Å². The molecule has 0 bridgehead atoms. The van der Waals surface area contributed by atoms with Gasteiger partial charge in [-0.3, -0.25) is 10.1 Å². The number of dihydropyridines is 1. The minimum absolute atomic E-state index is 0.0684. The van der Waals surface area contributed by atoms with E-state index in [-0.39, 0.29) is 42.9 Å². The van der Waals surface area contributed by atoms with Crippen LogP contribution in [0.5, 0.6) is 0 Å². The van der Waals surface area contributed by atoms with Crippen LogP contribution >= 0.6 is 0 Å². The first-order valence-corrected chi connectivity index (χ1v) is 11.8. The molecule has 36 heavy (non-hydrogen) atoms. The van der Waals surface area contributed by atoms with Crippen molar-refractivity contribution in [3.8, 4) is 0 Å². The first-order valence-electron chi connectivity index (χ1n) is 11.8. The molecule has 9 heteroatoms. The van der Waals surface area contributed by atoms with Crippen LogP contribution in [0, 0.1) is 10.1 Å². The lowest BCUT2D eigenvalue weighted by atomic mass is 9.79. The number of esters is 2. The summed E-state index contributed by atoms with van der Waals surface area (Å²) in [5.41, 5.74) is 1.74. The predicted octanol–water partition coefficient (Wildman–Crippen LogP) is 5.43. The normalized spacial score (nSPS) is 16.3. The van der Waals surface area contributed by atoms with Crippen LogP contribution in [0.25, 0.3) is 0 Å². The van der Waals surface area contributed by atoms with Gasteiger partial charge in [0.1, 0.15) is 6.17 Å². The summed E-state index contributed by atoms with van der Waals surface area (Å²) in [6, 6.07) is 14.4. The molecule has 0 spiro atoms. The number of hydrogen-bond acceptors (Lipinski definition) is 7. The molecule has 2 aromatic carbocycles. The number of nitrogens with zero attached hydrogens (tertiary/aromatic N) is 1. The third-order valence-corrected chi connectivity index (χ3v) is 5.86. The van der Waals surface area contributed by atoms with E-state index in [9.17, 15) is 19.7 Å².